The maximum Gasteiger partial charge on any atom is 0.147 e. The lowest BCUT2D eigenvalue weighted by Crippen LogP contribution is -2.33. The number of benzene rings is 1. The molecule has 0 saturated carbocycles. The van der Waals surface area contributed by atoms with Crippen molar-refractivity contribution in [3.63, 3.8) is 0 Å². The van der Waals surface area contributed by atoms with Gasteiger partial charge in [-0.3, -0.25) is 4.98 Å². The van der Waals surface area contributed by atoms with E-state index in [0.29, 0.717) is 5.41 Å². The summed E-state index contributed by atoms with van der Waals surface area (Å²) in [5, 5.41) is 3.29. The van der Waals surface area contributed by atoms with Gasteiger partial charge in [-0.05, 0) is 31.0 Å². The van der Waals surface area contributed by atoms with Crippen molar-refractivity contribution in [3.8, 4) is 0 Å². The Morgan fingerprint density at radius 2 is 2.11 bits per heavy atom. The summed E-state index contributed by atoms with van der Waals surface area (Å²) in [7, 11) is 2.02. The van der Waals surface area contributed by atoms with Gasteiger partial charge >= 0.3 is 0 Å². The van der Waals surface area contributed by atoms with Gasteiger partial charge in [0, 0.05) is 19.6 Å². The van der Waals surface area contributed by atoms with Gasteiger partial charge in [-0.15, -0.1) is 0 Å². The van der Waals surface area contributed by atoms with Crippen LogP contribution in [0.4, 0.5) is 5.82 Å². The predicted octanol–water partition coefficient (Wildman–Crippen LogP) is 2.07. The van der Waals surface area contributed by atoms with Crippen LogP contribution in [0.15, 0.2) is 30.5 Å². The SMILES string of the molecule is CNCC1(C)CCN(c2cnc3ccccc3n2)C1. The van der Waals surface area contributed by atoms with E-state index in [2.05, 4.69) is 22.1 Å². The first-order valence-electron chi connectivity index (χ1n) is 6.82. The first-order valence-corrected chi connectivity index (χ1v) is 6.82. The number of nitrogens with one attached hydrogen (secondary N) is 1. The number of anilines is 1. The summed E-state index contributed by atoms with van der Waals surface area (Å²) >= 11 is 0. The highest BCUT2D eigenvalue weighted by Gasteiger charge is 2.33. The standard InChI is InChI=1S/C15H20N4/c1-15(10-16-2)7-8-19(11-15)14-9-17-12-5-3-4-6-13(12)18-14/h3-6,9,16H,7-8,10-11H2,1-2H3. The molecule has 0 spiro atoms. The molecule has 3 rings (SSSR count). The molecule has 2 aromatic rings. The van der Waals surface area contributed by atoms with Crippen molar-refractivity contribution >= 4 is 16.9 Å². The Morgan fingerprint density at radius 3 is 2.89 bits per heavy atom. The third-order valence-electron chi connectivity index (χ3n) is 3.92. The molecule has 0 radical (unpaired) electrons. The number of hydrogen-bond donors (Lipinski definition) is 1. The van der Waals surface area contributed by atoms with Crippen LogP contribution in [-0.4, -0.2) is 36.6 Å². The largest absolute Gasteiger partial charge is 0.355 e. The van der Waals surface area contributed by atoms with Gasteiger partial charge in [0.1, 0.15) is 5.82 Å². The molecule has 4 nitrogen and oxygen atoms in total. The fraction of sp³-hybridized carbons (Fsp3) is 0.467. The number of aromatic nitrogens is 2. The summed E-state index contributed by atoms with van der Waals surface area (Å²) in [5.41, 5.74) is 2.27. The van der Waals surface area contributed by atoms with E-state index in [9.17, 15) is 0 Å². The van der Waals surface area contributed by atoms with Crippen LogP contribution in [0.5, 0.6) is 0 Å². The number of hydrogen-bond acceptors (Lipinski definition) is 4. The molecule has 1 unspecified atom stereocenters. The average Bonchev–Trinajstić information content (AvgIpc) is 2.81. The summed E-state index contributed by atoms with van der Waals surface area (Å²) < 4.78 is 0. The molecule has 1 fully saturated rings. The van der Waals surface area contributed by atoms with E-state index < -0.39 is 0 Å². The van der Waals surface area contributed by atoms with Crippen molar-refractivity contribution in [3.05, 3.63) is 30.5 Å². The molecule has 0 bridgehead atoms. The normalized spacial score (nSPS) is 23.2. The van der Waals surface area contributed by atoms with Crippen molar-refractivity contribution in [2.75, 3.05) is 31.6 Å². The Morgan fingerprint density at radius 1 is 1.32 bits per heavy atom. The lowest BCUT2D eigenvalue weighted by atomic mass is 9.90. The molecule has 1 aliphatic heterocycles. The highest BCUT2D eigenvalue weighted by atomic mass is 15.2. The van der Waals surface area contributed by atoms with Crippen LogP contribution in [0.1, 0.15) is 13.3 Å². The summed E-state index contributed by atoms with van der Waals surface area (Å²) in [6, 6.07) is 8.03. The van der Waals surface area contributed by atoms with Gasteiger partial charge in [0.2, 0.25) is 0 Å². The lowest BCUT2D eigenvalue weighted by molar-refractivity contribution is 0.356. The Hall–Kier alpha value is -1.68. The second-order valence-electron chi connectivity index (χ2n) is 5.73. The van der Waals surface area contributed by atoms with Crippen LogP contribution < -0.4 is 10.2 Å². The van der Waals surface area contributed by atoms with Gasteiger partial charge in [0.05, 0.1) is 17.2 Å². The summed E-state index contributed by atoms with van der Waals surface area (Å²) in [6.45, 7) is 5.48. The Labute approximate surface area is 113 Å². The monoisotopic (exact) mass is 256 g/mol. The first kappa shape index (κ1) is 12.4. The Bertz CT molecular complexity index is 583. The van der Waals surface area contributed by atoms with Crippen LogP contribution in [-0.2, 0) is 0 Å². The molecule has 4 heteroatoms. The van der Waals surface area contributed by atoms with E-state index in [1.165, 1.54) is 6.42 Å². The molecule has 1 aliphatic rings. The van der Waals surface area contributed by atoms with Crippen molar-refractivity contribution in [2.45, 2.75) is 13.3 Å². The highest BCUT2D eigenvalue weighted by molar-refractivity contribution is 5.75. The molecule has 0 aliphatic carbocycles. The lowest BCUT2D eigenvalue weighted by Gasteiger charge is -2.24. The molecule has 1 saturated heterocycles. The van der Waals surface area contributed by atoms with E-state index in [0.717, 1.165) is 36.5 Å². The van der Waals surface area contributed by atoms with Gasteiger partial charge in [0.15, 0.2) is 0 Å². The average molecular weight is 256 g/mol. The van der Waals surface area contributed by atoms with Crippen molar-refractivity contribution in [1.29, 1.82) is 0 Å². The smallest absolute Gasteiger partial charge is 0.147 e. The van der Waals surface area contributed by atoms with Crippen LogP contribution in [0.3, 0.4) is 0 Å². The minimum atomic E-state index is 0.335. The summed E-state index contributed by atoms with van der Waals surface area (Å²) in [6.07, 6.45) is 3.09. The molecule has 1 aromatic heterocycles. The topological polar surface area (TPSA) is 41.0 Å². The zero-order valence-electron chi connectivity index (χ0n) is 11.6. The third-order valence-corrected chi connectivity index (χ3v) is 3.92. The number of fused-ring (bicyclic) bond motifs is 1. The van der Waals surface area contributed by atoms with Crippen LogP contribution in [0, 0.1) is 5.41 Å². The number of nitrogens with zero attached hydrogens (tertiary/aromatic N) is 3. The minimum Gasteiger partial charge on any atom is -0.355 e. The maximum absolute atomic E-state index is 4.73. The fourth-order valence-corrected chi connectivity index (χ4v) is 2.89. The molecular weight excluding hydrogens is 236 g/mol. The van der Waals surface area contributed by atoms with Gasteiger partial charge in [-0.25, -0.2) is 4.98 Å². The molecule has 0 amide bonds. The van der Waals surface area contributed by atoms with Crippen LogP contribution in [0.25, 0.3) is 11.0 Å². The molecule has 19 heavy (non-hydrogen) atoms. The molecular formula is C15H20N4. The number of rotatable bonds is 3. The van der Waals surface area contributed by atoms with Crippen LogP contribution in [0.2, 0.25) is 0 Å². The number of para-hydroxylation sites is 2. The van der Waals surface area contributed by atoms with E-state index in [1.54, 1.807) is 0 Å². The second kappa shape index (κ2) is 4.78. The summed E-state index contributed by atoms with van der Waals surface area (Å²) in [5.74, 6) is 0.999. The van der Waals surface area contributed by atoms with Crippen molar-refractivity contribution in [1.82, 2.24) is 15.3 Å². The maximum atomic E-state index is 4.73. The zero-order chi connectivity index (χ0) is 13.3. The van der Waals surface area contributed by atoms with E-state index in [1.807, 2.05) is 37.5 Å². The summed E-state index contributed by atoms with van der Waals surface area (Å²) in [4.78, 5) is 11.6. The first-order chi connectivity index (χ1) is 9.20. The van der Waals surface area contributed by atoms with E-state index in [4.69, 9.17) is 4.98 Å². The zero-order valence-corrected chi connectivity index (χ0v) is 11.6. The minimum absolute atomic E-state index is 0.335. The van der Waals surface area contributed by atoms with Crippen LogP contribution >= 0.6 is 0 Å². The van der Waals surface area contributed by atoms with Gasteiger partial charge in [-0.1, -0.05) is 19.1 Å². The van der Waals surface area contributed by atoms with Gasteiger partial charge in [0.25, 0.3) is 0 Å². The van der Waals surface area contributed by atoms with E-state index in [-0.39, 0.29) is 0 Å². The fourth-order valence-electron chi connectivity index (χ4n) is 2.89. The molecule has 1 aromatic carbocycles. The third kappa shape index (κ3) is 2.40. The second-order valence-corrected chi connectivity index (χ2v) is 5.73. The predicted molar refractivity (Wildman–Crippen MR) is 78.4 cm³/mol. The molecule has 1 atom stereocenters. The van der Waals surface area contributed by atoms with Gasteiger partial charge in [-0.2, -0.15) is 0 Å². The molecule has 100 valence electrons. The molecule has 1 N–H and O–H groups in total. The van der Waals surface area contributed by atoms with Crippen molar-refractivity contribution < 1.29 is 0 Å². The van der Waals surface area contributed by atoms with Gasteiger partial charge < -0.3 is 10.2 Å². The Balaban J connectivity index is 1.85. The van der Waals surface area contributed by atoms with E-state index >= 15 is 0 Å². The highest BCUT2D eigenvalue weighted by Crippen LogP contribution is 2.31. The van der Waals surface area contributed by atoms with Crippen molar-refractivity contribution in [2.24, 2.45) is 5.41 Å². The quantitative estimate of drug-likeness (QED) is 0.912. The Kier molecular flexibility index (Phi) is 3.11. The molecule has 2 heterocycles.